The zero-order valence-electron chi connectivity index (χ0n) is 32.6. The highest BCUT2D eigenvalue weighted by Gasteiger charge is 2.25. The maximum atomic E-state index is 13.5. The van der Waals surface area contributed by atoms with E-state index in [0.29, 0.717) is 41.0 Å². The van der Waals surface area contributed by atoms with Gasteiger partial charge in [0.1, 0.15) is 28.3 Å². The summed E-state index contributed by atoms with van der Waals surface area (Å²) in [5, 5.41) is 32.1. The number of aromatic nitrogens is 4. The van der Waals surface area contributed by atoms with E-state index in [1.807, 2.05) is 6.92 Å². The summed E-state index contributed by atoms with van der Waals surface area (Å²) in [5.41, 5.74) is 6.22. The van der Waals surface area contributed by atoms with Gasteiger partial charge < -0.3 is 39.8 Å². The van der Waals surface area contributed by atoms with Crippen molar-refractivity contribution < 1.29 is 43.4 Å². The lowest BCUT2D eigenvalue weighted by Gasteiger charge is -2.24. The van der Waals surface area contributed by atoms with Gasteiger partial charge in [-0.05, 0) is 71.7 Å². The Morgan fingerprint density at radius 2 is 1.82 bits per heavy atom. The summed E-state index contributed by atoms with van der Waals surface area (Å²) in [6, 6.07) is 5.38. The number of rotatable bonds is 17. The molecule has 0 aliphatic heterocycles. The SMILES string of the molecule is CCn1nc(C)cc1C(=O)Nc1nc2c(C)c(C(=O)O)cc(OC)c2n1CC=CCNc1c(OCCCN(C)C(=O)OC(C)(C)C)cc(C(N)=O)cc1[N+](=O)[O-]. The van der Waals surface area contributed by atoms with Crippen molar-refractivity contribution in [2.45, 2.75) is 66.7 Å². The molecule has 0 radical (unpaired) electrons. The Balaban J connectivity index is 1.61. The standard InChI is InChI=1S/C37H47N9O10/c1-9-45-26(17-21(2)42-45)33(48)41-35-40-29-22(3)24(34(49)50)20-28(54-8)31(29)44(35)15-11-10-13-39-30-25(46(52)53)18-23(32(38)47)19-27(30)55-16-12-14-43(7)36(51)56-37(4,5)6/h10-11,17-20,39H,9,12-16H2,1-8H3,(H2,38,47)(H,49,50)(H,40,41,48). The summed E-state index contributed by atoms with van der Waals surface area (Å²) < 4.78 is 20.0. The lowest BCUT2D eigenvalue weighted by Crippen LogP contribution is -2.35. The summed E-state index contributed by atoms with van der Waals surface area (Å²) in [6.45, 7) is 11.4. The number of carboxylic acids is 1. The first-order valence-electron chi connectivity index (χ1n) is 17.6. The zero-order chi connectivity index (χ0) is 41.5. The predicted molar refractivity (Wildman–Crippen MR) is 207 cm³/mol. The molecule has 0 aliphatic rings. The molecule has 19 nitrogen and oxygen atoms in total. The molecule has 2 heterocycles. The number of nitrogens with one attached hydrogen (secondary N) is 2. The van der Waals surface area contributed by atoms with Crippen LogP contribution in [0.5, 0.6) is 11.5 Å². The van der Waals surface area contributed by atoms with E-state index in [-0.39, 0.29) is 60.5 Å². The van der Waals surface area contributed by atoms with E-state index in [4.69, 9.17) is 19.9 Å². The largest absolute Gasteiger partial charge is 0.494 e. The van der Waals surface area contributed by atoms with E-state index in [2.05, 4.69) is 20.7 Å². The number of aromatic carboxylic acids is 1. The molecule has 4 rings (SSSR count). The molecule has 0 saturated carbocycles. The third-order valence-corrected chi connectivity index (χ3v) is 8.36. The topological polar surface area (TPSA) is 248 Å². The van der Waals surface area contributed by atoms with Crippen LogP contribution in [0.4, 0.5) is 22.1 Å². The van der Waals surface area contributed by atoms with E-state index in [0.717, 1.165) is 6.07 Å². The number of nitro groups is 1. The first-order valence-corrected chi connectivity index (χ1v) is 17.6. The van der Waals surface area contributed by atoms with Gasteiger partial charge in [0, 0.05) is 44.9 Å². The predicted octanol–water partition coefficient (Wildman–Crippen LogP) is 5.14. The van der Waals surface area contributed by atoms with Crippen LogP contribution in [-0.4, -0.2) is 97.6 Å². The van der Waals surface area contributed by atoms with Gasteiger partial charge in [0.05, 0.1) is 35.4 Å². The Morgan fingerprint density at radius 1 is 1.11 bits per heavy atom. The second-order valence-electron chi connectivity index (χ2n) is 13.7. The molecule has 2 aromatic carbocycles. The number of benzene rings is 2. The summed E-state index contributed by atoms with van der Waals surface area (Å²) >= 11 is 0. The molecule has 0 aliphatic carbocycles. The molecule has 2 aromatic heterocycles. The smallest absolute Gasteiger partial charge is 0.410 e. The monoisotopic (exact) mass is 777 g/mol. The number of anilines is 2. The number of ether oxygens (including phenoxy) is 3. The van der Waals surface area contributed by atoms with Crippen LogP contribution in [0.2, 0.25) is 0 Å². The van der Waals surface area contributed by atoms with Gasteiger partial charge in [-0.3, -0.25) is 29.7 Å². The highest BCUT2D eigenvalue weighted by molar-refractivity contribution is 6.04. The molecule has 19 heteroatoms. The van der Waals surface area contributed by atoms with Gasteiger partial charge >= 0.3 is 12.1 Å². The molecule has 300 valence electrons. The molecule has 4 aromatic rings. The Hall–Kier alpha value is -6.66. The molecule has 0 saturated heterocycles. The van der Waals surface area contributed by atoms with E-state index in [1.165, 1.54) is 24.1 Å². The van der Waals surface area contributed by atoms with Gasteiger partial charge in [-0.25, -0.2) is 14.6 Å². The number of primary amides is 1. The van der Waals surface area contributed by atoms with E-state index in [1.54, 1.807) is 69.1 Å². The summed E-state index contributed by atoms with van der Waals surface area (Å²) in [4.78, 5) is 67.4. The van der Waals surface area contributed by atoms with Crippen molar-refractivity contribution in [3.63, 3.8) is 0 Å². The van der Waals surface area contributed by atoms with Gasteiger partial charge in [0.25, 0.3) is 11.6 Å². The number of hydrogen-bond acceptors (Lipinski definition) is 12. The number of methoxy groups -OCH3 is 1. The number of hydrogen-bond donors (Lipinski definition) is 4. The molecular formula is C37H47N9O10. The Morgan fingerprint density at radius 3 is 2.43 bits per heavy atom. The Bertz CT molecular complexity index is 2180. The third kappa shape index (κ3) is 9.90. The fourth-order valence-corrected chi connectivity index (χ4v) is 5.70. The average Bonchev–Trinajstić information content (AvgIpc) is 3.69. The molecule has 5 N–H and O–H groups in total. The molecule has 0 atom stereocenters. The minimum absolute atomic E-state index is 0.00271. The second-order valence-corrected chi connectivity index (χ2v) is 13.7. The van der Waals surface area contributed by atoms with Gasteiger partial charge in [-0.2, -0.15) is 5.10 Å². The maximum Gasteiger partial charge on any atom is 0.410 e. The highest BCUT2D eigenvalue weighted by atomic mass is 16.6. The zero-order valence-corrected chi connectivity index (χ0v) is 32.6. The maximum absolute atomic E-state index is 13.5. The molecule has 0 unspecified atom stereocenters. The van der Waals surface area contributed by atoms with Gasteiger partial charge in [-0.15, -0.1) is 0 Å². The first kappa shape index (κ1) is 42.1. The number of carboxylic acid groups (broad SMARTS) is 1. The van der Waals surface area contributed by atoms with E-state index >= 15 is 0 Å². The third-order valence-electron chi connectivity index (χ3n) is 8.36. The van der Waals surface area contributed by atoms with Crippen molar-refractivity contribution >= 4 is 52.2 Å². The van der Waals surface area contributed by atoms with Crippen LogP contribution >= 0.6 is 0 Å². The Kier molecular flexibility index (Phi) is 13.3. The van der Waals surface area contributed by atoms with Crippen LogP contribution in [0, 0.1) is 24.0 Å². The van der Waals surface area contributed by atoms with Crippen LogP contribution in [0.1, 0.15) is 76.6 Å². The first-order chi connectivity index (χ1) is 26.4. The molecule has 56 heavy (non-hydrogen) atoms. The minimum Gasteiger partial charge on any atom is -0.494 e. The van der Waals surface area contributed by atoms with Crippen molar-refractivity contribution in [2.75, 3.05) is 44.5 Å². The number of amides is 3. The number of nitrogens with zero attached hydrogens (tertiary/aromatic N) is 6. The number of fused-ring (bicyclic) bond motifs is 1. The molecular weight excluding hydrogens is 730 g/mol. The van der Waals surface area contributed by atoms with Crippen molar-refractivity contribution in [2.24, 2.45) is 5.73 Å². The van der Waals surface area contributed by atoms with E-state index < -0.39 is 40.1 Å². The van der Waals surface area contributed by atoms with Crippen molar-refractivity contribution in [3.8, 4) is 11.5 Å². The lowest BCUT2D eigenvalue weighted by atomic mass is 10.1. The summed E-state index contributed by atoms with van der Waals surface area (Å²) in [6.07, 6.45) is 3.19. The number of allylic oxidation sites excluding steroid dienone is 1. The van der Waals surface area contributed by atoms with Gasteiger partial charge in [0.2, 0.25) is 11.9 Å². The minimum atomic E-state index is -1.18. The molecule has 0 spiro atoms. The molecule has 3 amide bonds. The number of nitrogens with two attached hydrogens (primary N) is 1. The number of imidazole rings is 1. The number of nitro benzene ring substituents is 1. The van der Waals surface area contributed by atoms with Crippen molar-refractivity contribution in [1.29, 1.82) is 0 Å². The van der Waals surface area contributed by atoms with Gasteiger partial charge in [0.15, 0.2) is 5.69 Å². The van der Waals surface area contributed by atoms with Crippen LogP contribution in [0.25, 0.3) is 11.0 Å². The fourth-order valence-electron chi connectivity index (χ4n) is 5.70. The van der Waals surface area contributed by atoms with Crippen molar-refractivity contribution in [1.82, 2.24) is 24.2 Å². The van der Waals surface area contributed by atoms with E-state index in [9.17, 15) is 34.4 Å². The Labute approximate surface area is 322 Å². The normalized spacial score (nSPS) is 11.4. The number of aryl methyl sites for hydroxylation is 3. The summed E-state index contributed by atoms with van der Waals surface area (Å²) in [7, 11) is 2.96. The van der Waals surface area contributed by atoms with Crippen molar-refractivity contribution in [3.05, 3.63) is 74.6 Å². The van der Waals surface area contributed by atoms with Gasteiger partial charge in [-0.1, -0.05) is 12.2 Å². The fraction of sp³-hybridized carbons (Fsp3) is 0.405. The summed E-state index contributed by atoms with van der Waals surface area (Å²) in [5.74, 6) is -2.23. The highest BCUT2D eigenvalue weighted by Crippen LogP contribution is 2.37. The molecule has 0 fully saturated rings. The number of carbonyl (C=O) groups excluding carboxylic acids is 3. The number of carbonyl (C=O) groups is 4. The lowest BCUT2D eigenvalue weighted by molar-refractivity contribution is -0.384. The van der Waals surface area contributed by atoms with Crippen LogP contribution in [0.3, 0.4) is 0 Å². The average molecular weight is 778 g/mol. The van der Waals surface area contributed by atoms with Crippen LogP contribution in [0.15, 0.2) is 36.4 Å². The van der Waals surface area contributed by atoms with Crippen LogP contribution in [-0.2, 0) is 17.8 Å². The second kappa shape index (κ2) is 17.7. The molecule has 0 bridgehead atoms. The quantitative estimate of drug-likeness (QED) is 0.0470. The van der Waals surface area contributed by atoms with Crippen LogP contribution < -0.4 is 25.8 Å².